The van der Waals surface area contributed by atoms with Crippen molar-refractivity contribution in [3.8, 4) is 0 Å². The number of anilines is 1. The summed E-state index contributed by atoms with van der Waals surface area (Å²) < 4.78 is 12.3. The maximum absolute atomic E-state index is 6.04. The lowest BCUT2D eigenvalue weighted by Crippen LogP contribution is -2.42. The Morgan fingerprint density at radius 1 is 1.19 bits per heavy atom. The molecule has 21 heavy (non-hydrogen) atoms. The van der Waals surface area contributed by atoms with Crippen LogP contribution in [-0.2, 0) is 15.9 Å². The second-order valence-corrected chi connectivity index (χ2v) is 6.04. The molecule has 0 aromatic heterocycles. The number of allylic oxidation sites excluding steroid dienone is 2. The zero-order chi connectivity index (χ0) is 14.4. The first-order valence-electron chi connectivity index (χ1n) is 6.82. The summed E-state index contributed by atoms with van der Waals surface area (Å²) in [5.74, 6) is 0.783. The van der Waals surface area contributed by atoms with Crippen LogP contribution < -0.4 is 5.32 Å². The predicted molar refractivity (Wildman–Crippen MR) is 87.2 cm³/mol. The van der Waals surface area contributed by atoms with E-state index in [1.54, 1.807) is 7.11 Å². The first-order chi connectivity index (χ1) is 10.2. The Morgan fingerprint density at radius 3 is 2.90 bits per heavy atom. The minimum Gasteiger partial charge on any atom is -0.495 e. The first-order valence-corrected chi connectivity index (χ1v) is 7.61. The van der Waals surface area contributed by atoms with Crippen LogP contribution in [0.1, 0.15) is 5.56 Å². The quantitative estimate of drug-likeness (QED) is 0.837. The van der Waals surface area contributed by atoms with E-state index in [2.05, 4.69) is 57.6 Å². The van der Waals surface area contributed by atoms with Crippen molar-refractivity contribution in [3.63, 3.8) is 0 Å². The van der Waals surface area contributed by atoms with E-state index in [9.17, 15) is 0 Å². The van der Waals surface area contributed by atoms with Gasteiger partial charge in [0.15, 0.2) is 10.4 Å². The summed E-state index contributed by atoms with van der Waals surface area (Å²) in [5.41, 5.74) is 1.70. The topological polar surface area (TPSA) is 30.5 Å². The summed E-state index contributed by atoms with van der Waals surface area (Å²) in [4.78, 5) is 0. The van der Waals surface area contributed by atoms with E-state index < -0.39 is 5.72 Å². The van der Waals surface area contributed by atoms with Crippen LogP contribution >= 0.6 is 15.9 Å². The van der Waals surface area contributed by atoms with Gasteiger partial charge in [0.2, 0.25) is 5.72 Å². The summed E-state index contributed by atoms with van der Waals surface area (Å²) in [6.45, 7) is 0. The molecule has 2 heterocycles. The van der Waals surface area contributed by atoms with Crippen LogP contribution in [0, 0.1) is 0 Å². The normalized spacial score (nSPS) is 23.1. The van der Waals surface area contributed by atoms with Gasteiger partial charge in [0.25, 0.3) is 0 Å². The molecule has 1 spiro atoms. The molecular weight excluding hydrogens is 330 g/mol. The molecular formula is C17H14BrNO2. The molecule has 2 aromatic rings. The summed E-state index contributed by atoms with van der Waals surface area (Å²) in [5, 5.41) is 5.96. The van der Waals surface area contributed by atoms with Gasteiger partial charge in [-0.2, -0.15) is 0 Å². The Balaban J connectivity index is 1.85. The lowest BCUT2D eigenvalue weighted by atomic mass is 10.0. The molecule has 0 saturated carbocycles. The van der Waals surface area contributed by atoms with Crippen LogP contribution in [0.5, 0.6) is 0 Å². The number of benzene rings is 2. The highest BCUT2D eigenvalue weighted by Gasteiger charge is 2.46. The van der Waals surface area contributed by atoms with Crippen molar-refractivity contribution >= 4 is 32.4 Å². The highest BCUT2D eigenvalue weighted by atomic mass is 79.9. The molecule has 4 heteroatoms. The third-order valence-electron chi connectivity index (χ3n) is 4.04. The van der Waals surface area contributed by atoms with Crippen LogP contribution in [0.15, 0.2) is 59.0 Å². The van der Waals surface area contributed by atoms with Crippen molar-refractivity contribution in [1.82, 2.24) is 0 Å². The fraction of sp³-hybridized carbons (Fsp3) is 0.176. The minimum atomic E-state index is -0.658. The fourth-order valence-electron chi connectivity index (χ4n) is 3.10. The molecule has 0 fully saturated rings. The van der Waals surface area contributed by atoms with Gasteiger partial charge in [-0.1, -0.05) is 36.4 Å². The molecule has 4 rings (SSSR count). The second-order valence-electron chi connectivity index (χ2n) is 5.26. The Hall–Kier alpha value is -1.94. The van der Waals surface area contributed by atoms with Gasteiger partial charge in [-0.15, -0.1) is 0 Å². The summed E-state index contributed by atoms with van der Waals surface area (Å²) in [6.07, 6.45) is 4.53. The lowest BCUT2D eigenvalue weighted by Gasteiger charge is -2.34. The Morgan fingerprint density at radius 2 is 2.05 bits per heavy atom. The third-order valence-corrected chi connectivity index (χ3v) is 4.46. The number of rotatable bonds is 1. The molecule has 0 bridgehead atoms. The summed E-state index contributed by atoms with van der Waals surface area (Å²) >= 11 is 3.42. The number of hydrogen-bond donors (Lipinski definition) is 1. The van der Waals surface area contributed by atoms with Gasteiger partial charge in [-0.05, 0) is 39.0 Å². The van der Waals surface area contributed by atoms with Gasteiger partial charge >= 0.3 is 0 Å². The molecule has 2 aliphatic rings. The maximum Gasteiger partial charge on any atom is 0.243 e. The molecule has 2 aromatic carbocycles. The molecule has 3 nitrogen and oxygen atoms in total. The minimum absolute atomic E-state index is 0.658. The number of nitrogens with one attached hydrogen (secondary N) is 1. The molecule has 106 valence electrons. The van der Waals surface area contributed by atoms with E-state index in [0.717, 1.165) is 17.9 Å². The van der Waals surface area contributed by atoms with E-state index in [0.29, 0.717) is 4.67 Å². The average molecular weight is 344 g/mol. The van der Waals surface area contributed by atoms with Crippen LogP contribution in [0.2, 0.25) is 0 Å². The fourth-order valence-corrected chi connectivity index (χ4v) is 3.50. The molecule has 0 radical (unpaired) electrons. The maximum atomic E-state index is 6.04. The molecule has 0 saturated heterocycles. The van der Waals surface area contributed by atoms with Crippen LogP contribution in [0.4, 0.5) is 5.69 Å². The Labute approximate surface area is 131 Å². The van der Waals surface area contributed by atoms with E-state index >= 15 is 0 Å². The summed E-state index contributed by atoms with van der Waals surface area (Å²) in [7, 11) is 1.67. The van der Waals surface area contributed by atoms with Gasteiger partial charge in [0.05, 0.1) is 7.11 Å². The van der Waals surface area contributed by atoms with E-state index in [1.165, 1.54) is 16.3 Å². The monoisotopic (exact) mass is 343 g/mol. The highest BCUT2D eigenvalue weighted by molar-refractivity contribution is 9.11. The number of methoxy groups -OCH3 is 1. The SMILES string of the molecule is COC1=CC=C(Br)OC12Cc1ccc3ccccc3c1N2. The van der Waals surface area contributed by atoms with E-state index in [1.807, 2.05) is 12.2 Å². The van der Waals surface area contributed by atoms with Crippen molar-refractivity contribution < 1.29 is 9.47 Å². The van der Waals surface area contributed by atoms with Crippen LogP contribution in [-0.4, -0.2) is 12.8 Å². The van der Waals surface area contributed by atoms with Crippen molar-refractivity contribution in [2.75, 3.05) is 12.4 Å². The first kappa shape index (κ1) is 12.8. The second kappa shape index (κ2) is 4.53. The lowest BCUT2D eigenvalue weighted by molar-refractivity contribution is 0.0278. The average Bonchev–Trinajstić information content (AvgIpc) is 2.86. The van der Waals surface area contributed by atoms with Gasteiger partial charge in [0, 0.05) is 17.5 Å². The predicted octanol–water partition coefficient (Wildman–Crippen LogP) is 4.30. The number of ether oxygens (including phenoxy) is 2. The van der Waals surface area contributed by atoms with Gasteiger partial charge in [-0.25, -0.2) is 0 Å². The van der Waals surface area contributed by atoms with E-state index in [-0.39, 0.29) is 0 Å². The standard InChI is InChI=1S/C17H14BrNO2/c1-20-14-8-9-15(18)21-17(14)10-12-7-6-11-4-2-3-5-13(11)16(12)19-17/h2-9,19H,10H2,1H3. The van der Waals surface area contributed by atoms with Gasteiger partial charge < -0.3 is 14.8 Å². The molecule has 1 atom stereocenters. The van der Waals surface area contributed by atoms with Crippen molar-refractivity contribution in [2.24, 2.45) is 0 Å². The molecule has 2 aliphatic heterocycles. The summed E-state index contributed by atoms with van der Waals surface area (Å²) in [6, 6.07) is 12.7. The van der Waals surface area contributed by atoms with Crippen LogP contribution in [0.3, 0.4) is 0 Å². The third kappa shape index (κ3) is 1.86. The van der Waals surface area contributed by atoms with E-state index in [4.69, 9.17) is 9.47 Å². The van der Waals surface area contributed by atoms with Crippen LogP contribution in [0.25, 0.3) is 10.8 Å². The molecule has 0 amide bonds. The number of fused-ring (bicyclic) bond motifs is 3. The number of hydrogen-bond acceptors (Lipinski definition) is 3. The zero-order valence-corrected chi connectivity index (χ0v) is 13.1. The Kier molecular flexibility index (Phi) is 2.76. The van der Waals surface area contributed by atoms with Gasteiger partial charge in [0.1, 0.15) is 0 Å². The van der Waals surface area contributed by atoms with Gasteiger partial charge in [-0.3, -0.25) is 0 Å². The molecule has 1 unspecified atom stereocenters. The van der Waals surface area contributed by atoms with Crippen molar-refractivity contribution in [1.29, 1.82) is 0 Å². The molecule has 1 N–H and O–H groups in total. The largest absolute Gasteiger partial charge is 0.495 e. The highest BCUT2D eigenvalue weighted by Crippen LogP contribution is 2.44. The Bertz CT molecular complexity index is 796. The smallest absolute Gasteiger partial charge is 0.243 e. The number of halogens is 1. The molecule has 0 aliphatic carbocycles. The van der Waals surface area contributed by atoms with Crippen molar-refractivity contribution in [2.45, 2.75) is 12.1 Å². The zero-order valence-electron chi connectivity index (χ0n) is 11.5. The van der Waals surface area contributed by atoms with Crippen molar-refractivity contribution in [3.05, 3.63) is 64.5 Å².